The third kappa shape index (κ3) is 4.22. The van der Waals surface area contributed by atoms with Crippen molar-refractivity contribution in [2.24, 2.45) is 0 Å². The van der Waals surface area contributed by atoms with Crippen molar-refractivity contribution in [3.63, 3.8) is 0 Å². The molecule has 0 spiro atoms. The molecule has 0 unspecified atom stereocenters. The van der Waals surface area contributed by atoms with E-state index in [9.17, 15) is 4.79 Å². The molecule has 5 nitrogen and oxygen atoms in total. The Morgan fingerprint density at radius 3 is 2.52 bits per heavy atom. The van der Waals surface area contributed by atoms with Crippen LogP contribution in [0.1, 0.15) is 18.1 Å². The highest BCUT2D eigenvalue weighted by Gasteiger charge is 2.18. The van der Waals surface area contributed by atoms with Gasteiger partial charge in [0.15, 0.2) is 6.10 Å². The third-order valence-electron chi connectivity index (χ3n) is 3.72. The maximum absolute atomic E-state index is 12.3. The summed E-state index contributed by atoms with van der Waals surface area (Å²) in [7, 11) is 0. The number of nitrogens with one attached hydrogen (secondary N) is 1. The summed E-state index contributed by atoms with van der Waals surface area (Å²) in [5, 5.41) is 12.2. The number of aromatic nitrogens is 2. The van der Waals surface area contributed by atoms with Crippen LogP contribution in [0.25, 0.3) is 10.6 Å². The molecule has 0 saturated carbocycles. The first kappa shape index (κ1) is 17.1. The quantitative estimate of drug-likeness (QED) is 0.745. The van der Waals surface area contributed by atoms with Gasteiger partial charge >= 0.3 is 0 Å². The highest BCUT2D eigenvalue weighted by molar-refractivity contribution is 7.18. The van der Waals surface area contributed by atoms with E-state index in [1.165, 1.54) is 16.9 Å². The van der Waals surface area contributed by atoms with Crippen LogP contribution >= 0.6 is 11.3 Å². The summed E-state index contributed by atoms with van der Waals surface area (Å²) in [6.45, 7) is 5.69. The molecule has 2 aromatic carbocycles. The van der Waals surface area contributed by atoms with Gasteiger partial charge in [0, 0.05) is 5.56 Å². The zero-order chi connectivity index (χ0) is 17.8. The van der Waals surface area contributed by atoms with Crippen LogP contribution in [0.4, 0.5) is 5.13 Å². The molecule has 1 aromatic heterocycles. The summed E-state index contributed by atoms with van der Waals surface area (Å²) >= 11 is 1.34. The molecule has 0 aliphatic carbocycles. The Bertz CT molecular complexity index is 874. The van der Waals surface area contributed by atoms with Gasteiger partial charge in [0.05, 0.1) is 0 Å². The minimum Gasteiger partial charge on any atom is -0.481 e. The Kier molecular flexibility index (Phi) is 5.09. The number of amides is 1. The highest BCUT2D eigenvalue weighted by Crippen LogP contribution is 2.26. The molecule has 0 aliphatic rings. The predicted octanol–water partition coefficient (Wildman–Crippen LogP) is 4.23. The Morgan fingerprint density at radius 2 is 1.80 bits per heavy atom. The smallest absolute Gasteiger partial charge is 0.266 e. The van der Waals surface area contributed by atoms with Gasteiger partial charge in [-0.3, -0.25) is 10.1 Å². The number of hydrogen-bond donors (Lipinski definition) is 1. The number of carbonyl (C=O) groups is 1. The van der Waals surface area contributed by atoms with Gasteiger partial charge in [0.2, 0.25) is 5.13 Å². The minimum atomic E-state index is -0.632. The van der Waals surface area contributed by atoms with Crippen LogP contribution in [-0.4, -0.2) is 22.2 Å². The molecule has 3 aromatic rings. The summed E-state index contributed by atoms with van der Waals surface area (Å²) in [5.74, 6) is 0.442. The lowest BCUT2D eigenvalue weighted by Crippen LogP contribution is -2.30. The van der Waals surface area contributed by atoms with Crippen LogP contribution in [0.3, 0.4) is 0 Å². The van der Waals surface area contributed by atoms with Gasteiger partial charge in [-0.15, -0.1) is 10.2 Å². The fourth-order valence-corrected chi connectivity index (χ4v) is 2.98. The number of carbonyl (C=O) groups excluding carboxylic acids is 1. The van der Waals surface area contributed by atoms with Crippen molar-refractivity contribution >= 4 is 22.4 Å². The fourth-order valence-electron chi connectivity index (χ4n) is 2.23. The SMILES string of the molecule is Cc1ccc(-c2nnc(NC(=O)[C@@H](C)Oc3ccccc3C)s2)cc1. The molecule has 1 atom stereocenters. The zero-order valence-electron chi connectivity index (χ0n) is 14.3. The molecule has 0 radical (unpaired) electrons. The van der Waals surface area contributed by atoms with Crippen molar-refractivity contribution in [3.8, 4) is 16.3 Å². The average Bonchev–Trinajstić information content (AvgIpc) is 3.06. The lowest BCUT2D eigenvalue weighted by molar-refractivity contribution is -0.122. The van der Waals surface area contributed by atoms with Crippen molar-refractivity contribution in [2.75, 3.05) is 5.32 Å². The fraction of sp³-hybridized carbons (Fsp3) is 0.211. The second kappa shape index (κ2) is 7.44. The van der Waals surface area contributed by atoms with Gasteiger partial charge in [-0.25, -0.2) is 0 Å². The lowest BCUT2D eigenvalue weighted by atomic mass is 10.2. The van der Waals surface area contributed by atoms with E-state index in [4.69, 9.17) is 4.74 Å². The Hall–Kier alpha value is -2.73. The Balaban J connectivity index is 1.65. The summed E-state index contributed by atoms with van der Waals surface area (Å²) < 4.78 is 5.73. The van der Waals surface area contributed by atoms with Gasteiger partial charge < -0.3 is 4.74 Å². The summed E-state index contributed by atoms with van der Waals surface area (Å²) in [4.78, 5) is 12.3. The van der Waals surface area contributed by atoms with Crippen molar-refractivity contribution < 1.29 is 9.53 Å². The van der Waals surface area contributed by atoms with Crippen LogP contribution in [0.5, 0.6) is 5.75 Å². The normalized spacial score (nSPS) is 11.8. The number of para-hydroxylation sites is 1. The molecule has 1 amide bonds. The predicted molar refractivity (Wildman–Crippen MR) is 100.0 cm³/mol. The van der Waals surface area contributed by atoms with Crippen LogP contribution in [-0.2, 0) is 4.79 Å². The summed E-state index contributed by atoms with van der Waals surface area (Å²) in [6.07, 6.45) is -0.632. The molecule has 25 heavy (non-hydrogen) atoms. The largest absolute Gasteiger partial charge is 0.481 e. The maximum atomic E-state index is 12.3. The van der Waals surface area contributed by atoms with Gasteiger partial charge in [-0.2, -0.15) is 0 Å². The molecule has 3 rings (SSSR count). The molecule has 1 heterocycles. The van der Waals surface area contributed by atoms with Crippen molar-refractivity contribution in [3.05, 3.63) is 59.7 Å². The number of rotatable bonds is 5. The average molecular weight is 353 g/mol. The van der Waals surface area contributed by atoms with E-state index in [1.807, 2.05) is 62.4 Å². The molecule has 0 aliphatic heterocycles. The third-order valence-corrected chi connectivity index (χ3v) is 4.61. The summed E-state index contributed by atoms with van der Waals surface area (Å²) in [6, 6.07) is 15.6. The van der Waals surface area contributed by atoms with Gasteiger partial charge in [-0.05, 0) is 32.4 Å². The van der Waals surface area contributed by atoms with E-state index >= 15 is 0 Å². The van der Waals surface area contributed by atoms with Crippen molar-refractivity contribution in [1.82, 2.24) is 10.2 Å². The first-order valence-corrected chi connectivity index (χ1v) is 8.78. The zero-order valence-corrected chi connectivity index (χ0v) is 15.1. The Labute approximate surface area is 150 Å². The molecule has 1 N–H and O–H groups in total. The molecule has 6 heteroatoms. The maximum Gasteiger partial charge on any atom is 0.266 e. The van der Waals surface area contributed by atoms with Crippen LogP contribution < -0.4 is 10.1 Å². The number of ether oxygens (including phenoxy) is 1. The van der Waals surface area contributed by atoms with Crippen molar-refractivity contribution in [1.29, 1.82) is 0 Å². The first-order chi connectivity index (χ1) is 12.0. The van der Waals surface area contributed by atoms with E-state index in [-0.39, 0.29) is 5.91 Å². The standard InChI is InChI=1S/C19H19N3O2S/c1-12-8-10-15(11-9-12)18-21-22-19(25-18)20-17(23)14(3)24-16-7-5-4-6-13(16)2/h4-11,14H,1-3H3,(H,20,22,23)/t14-/m1/s1. The van der Waals surface area contributed by atoms with Crippen LogP contribution in [0.2, 0.25) is 0 Å². The second-order valence-electron chi connectivity index (χ2n) is 5.79. The molecule has 128 valence electrons. The molecule has 0 bridgehead atoms. The van der Waals surface area contributed by atoms with Crippen LogP contribution in [0.15, 0.2) is 48.5 Å². The topological polar surface area (TPSA) is 64.1 Å². The minimum absolute atomic E-state index is 0.255. The Morgan fingerprint density at radius 1 is 1.08 bits per heavy atom. The number of nitrogens with zero attached hydrogens (tertiary/aromatic N) is 2. The van der Waals surface area contributed by atoms with Crippen LogP contribution in [0, 0.1) is 13.8 Å². The second-order valence-corrected chi connectivity index (χ2v) is 6.77. The van der Waals surface area contributed by atoms with Gasteiger partial charge in [0.1, 0.15) is 10.8 Å². The number of anilines is 1. The van der Waals surface area contributed by atoms with E-state index in [2.05, 4.69) is 15.5 Å². The molecular formula is C19H19N3O2S. The number of aryl methyl sites for hydroxylation is 2. The molecule has 0 saturated heterocycles. The van der Waals surface area contributed by atoms with E-state index in [1.54, 1.807) is 6.92 Å². The van der Waals surface area contributed by atoms with E-state index in [0.29, 0.717) is 10.9 Å². The molecule has 0 fully saturated rings. The highest BCUT2D eigenvalue weighted by atomic mass is 32.1. The van der Waals surface area contributed by atoms with Gasteiger partial charge in [0.25, 0.3) is 5.91 Å². The number of hydrogen-bond acceptors (Lipinski definition) is 5. The number of benzene rings is 2. The lowest BCUT2D eigenvalue weighted by Gasteiger charge is -2.15. The first-order valence-electron chi connectivity index (χ1n) is 7.96. The van der Waals surface area contributed by atoms with Crippen molar-refractivity contribution in [2.45, 2.75) is 26.9 Å². The monoisotopic (exact) mass is 353 g/mol. The summed E-state index contributed by atoms with van der Waals surface area (Å²) in [5.41, 5.74) is 3.15. The van der Waals surface area contributed by atoms with Gasteiger partial charge in [-0.1, -0.05) is 59.4 Å². The van der Waals surface area contributed by atoms with E-state index < -0.39 is 6.10 Å². The van der Waals surface area contributed by atoms with E-state index in [0.717, 1.165) is 16.1 Å². The molecular weight excluding hydrogens is 334 g/mol.